The first kappa shape index (κ1) is 29.8. The van der Waals surface area contributed by atoms with Crippen molar-refractivity contribution in [3.05, 3.63) is 48.0 Å². The number of ether oxygens (including phenoxy) is 4. The third-order valence-corrected chi connectivity index (χ3v) is 6.53. The van der Waals surface area contributed by atoms with Gasteiger partial charge >= 0.3 is 11.9 Å². The molecule has 0 radical (unpaired) electrons. The number of esters is 2. The second-order valence-corrected chi connectivity index (χ2v) is 11.7. The molecule has 0 aliphatic carbocycles. The molecule has 36 heavy (non-hydrogen) atoms. The van der Waals surface area contributed by atoms with Gasteiger partial charge in [0.1, 0.15) is 13.2 Å². The van der Waals surface area contributed by atoms with Crippen molar-refractivity contribution in [1.82, 2.24) is 0 Å². The quantitative estimate of drug-likeness (QED) is 0.248. The van der Waals surface area contributed by atoms with Crippen LogP contribution in [0.1, 0.15) is 60.5 Å². The summed E-state index contributed by atoms with van der Waals surface area (Å²) in [4.78, 5) is 25.1. The van der Waals surface area contributed by atoms with E-state index in [0.717, 1.165) is 22.8 Å². The molecule has 2 aromatic rings. The Morgan fingerprint density at radius 2 is 1.25 bits per heavy atom. The van der Waals surface area contributed by atoms with Gasteiger partial charge in [-0.05, 0) is 40.5 Å². The first-order valence-corrected chi connectivity index (χ1v) is 12.8. The van der Waals surface area contributed by atoms with Crippen LogP contribution in [0.5, 0.6) is 0 Å². The van der Waals surface area contributed by atoms with E-state index >= 15 is 0 Å². The van der Waals surface area contributed by atoms with Crippen LogP contribution in [0.25, 0.3) is 10.8 Å². The smallest absolute Gasteiger partial charge is 0.312 e. The molecule has 2 rings (SSSR count). The minimum Gasteiger partial charge on any atom is -0.463 e. The summed E-state index contributed by atoms with van der Waals surface area (Å²) >= 11 is 0. The summed E-state index contributed by atoms with van der Waals surface area (Å²) < 4.78 is 21.9. The summed E-state index contributed by atoms with van der Waals surface area (Å²) in [5, 5.41) is 2.17. The first-order valence-electron chi connectivity index (χ1n) is 12.8. The van der Waals surface area contributed by atoms with Crippen LogP contribution in [0.15, 0.2) is 42.5 Å². The molecule has 0 aliphatic heterocycles. The molecule has 0 spiro atoms. The summed E-state index contributed by atoms with van der Waals surface area (Å²) in [5.74, 6) is -0.461. The predicted octanol–water partition coefficient (Wildman–Crippen LogP) is 5.99. The van der Waals surface area contributed by atoms with Gasteiger partial charge in [0, 0.05) is 0 Å². The Bertz CT molecular complexity index is 980. The molecule has 1 atom stereocenters. The highest BCUT2D eigenvalue weighted by atomic mass is 16.6. The zero-order chi connectivity index (χ0) is 26.8. The molecular formula is C30H44O6. The lowest BCUT2D eigenvalue weighted by atomic mass is 9.61. The maximum Gasteiger partial charge on any atom is 0.312 e. The highest BCUT2D eigenvalue weighted by Gasteiger charge is 2.47. The molecule has 0 aliphatic rings. The van der Waals surface area contributed by atoms with E-state index in [1.165, 1.54) is 0 Å². The summed E-state index contributed by atoms with van der Waals surface area (Å²) in [6, 6.07) is 13.9. The number of benzene rings is 2. The van der Waals surface area contributed by atoms with E-state index in [4.69, 9.17) is 18.9 Å². The van der Waals surface area contributed by atoms with E-state index in [1.54, 1.807) is 0 Å². The Morgan fingerprint density at radius 3 is 1.86 bits per heavy atom. The number of hydrogen-bond donors (Lipinski definition) is 0. The Morgan fingerprint density at radius 1 is 0.694 bits per heavy atom. The van der Waals surface area contributed by atoms with Gasteiger partial charge in [0.25, 0.3) is 0 Å². The summed E-state index contributed by atoms with van der Waals surface area (Å²) in [7, 11) is 0. The van der Waals surface area contributed by atoms with Gasteiger partial charge in [-0.15, -0.1) is 0 Å². The van der Waals surface area contributed by atoms with E-state index in [1.807, 2.05) is 49.4 Å². The fourth-order valence-corrected chi connectivity index (χ4v) is 4.25. The molecule has 0 N–H and O–H groups in total. The standard InChI is InChI=1S/C30H44O6/c1-28(2,3)22-30(7,29(4,5)6)27(32)36-20-18-34-16-15-33-17-19-35-26(31)21-24-13-10-12-23-11-8-9-14-25(23)24/h8-14H,15-22H2,1-7H3. The Hall–Kier alpha value is -2.44. The van der Waals surface area contributed by atoms with E-state index in [-0.39, 0.29) is 42.4 Å². The predicted molar refractivity (Wildman–Crippen MR) is 143 cm³/mol. The highest BCUT2D eigenvalue weighted by Crippen LogP contribution is 2.47. The minimum absolute atomic E-state index is 0.0130. The average Bonchev–Trinajstić information content (AvgIpc) is 2.78. The van der Waals surface area contributed by atoms with Crippen molar-refractivity contribution in [2.75, 3.05) is 39.6 Å². The van der Waals surface area contributed by atoms with Gasteiger partial charge in [0.2, 0.25) is 0 Å². The lowest BCUT2D eigenvalue weighted by Gasteiger charge is -2.43. The lowest BCUT2D eigenvalue weighted by Crippen LogP contribution is -2.44. The molecule has 1 unspecified atom stereocenters. The highest BCUT2D eigenvalue weighted by molar-refractivity contribution is 5.89. The van der Waals surface area contributed by atoms with Crippen molar-refractivity contribution >= 4 is 22.7 Å². The molecule has 200 valence electrons. The minimum atomic E-state index is -0.584. The van der Waals surface area contributed by atoms with Gasteiger partial charge in [-0.25, -0.2) is 0 Å². The van der Waals surface area contributed by atoms with Gasteiger partial charge in [-0.3, -0.25) is 9.59 Å². The van der Waals surface area contributed by atoms with Crippen LogP contribution in [0.2, 0.25) is 0 Å². The van der Waals surface area contributed by atoms with E-state index in [2.05, 4.69) is 41.5 Å². The van der Waals surface area contributed by atoms with Gasteiger partial charge in [-0.2, -0.15) is 0 Å². The van der Waals surface area contributed by atoms with Crippen molar-refractivity contribution in [1.29, 1.82) is 0 Å². The molecule has 0 bridgehead atoms. The Balaban J connectivity index is 1.58. The van der Waals surface area contributed by atoms with E-state index in [9.17, 15) is 9.59 Å². The molecule has 0 heterocycles. The SMILES string of the molecule is CC(C)(C)CC(C)(C(=O)OCCOCCOCCOC(=O)Cc1cccc2ccccc12)C(C)(C)C. The molecular weight excluding hydrogens is 456 g/mol. The largest absolute Gasteiger partial charge is 0.463 e. The fraction of sp³-hybridized carbons (Fsp3) is 0.600. The lowest BCUT2D eigenvalue weighted by molar-refractivity contribution is -0.166. The van der Waals surface area contributed by atoms with Gasteiger partial charge in [0.15, 0.2) is 0 Å². The van der Waals surface area contributed by atoms with Crippen LogP contribution in [-0.4, -0.2) is 51.6 Å². The number of fused-ring (bicyclic) bond motifs is 1. The zero-order valence-corrected chi connectivity index (χ0v) is 23.1. The van der Waals surface area contributed by atoms with Crippen LogP contribution in [0.3, 0.4) is 0 Å². The normalized spacial score (nSPS) is 13.9. The molecule has 0 aromatic heterocycles. The maximum absolute atomic E-state index is 12.9. The second kappa shape index (κ2) is 13.2. The van der Waals surface area contributed by atoms with Crippen molar-refractivity contribution in [3.63, 3.8) is 0 Å². The Labute approximate surface area is 216 Å². The topological polar surface area (TPSA) is 71.1 Å². The molecule has 0 amide bonds. The first-order chi connectivity index (χ1) is 16.8. The van der Waals surface area contributed by atoms with Crippen LogP contribution in [0.4, 0.5) is 0 Å². The summed E-state index contributed by atoms with van der Waals surface area (Å²) in [6.45, 7) is 16.4. The Kier molecular flexibility index (Phi) is 10.9. The maximum atomic E-state index is 12.9. The third kappa shape index (κ3) is 9.21. The van der Waals surface area contributed by atoms with Crippen molar-refractivity contribution in [3.8, 4) is 0 Å². The van der Waals surface area contributed by atoms with Crippen molar-refractivity contribution < 1.29 is 28.5 Å². The fourth-order valence-electron chi connectivity index (χ4n) is 4.25. The van der Waals surface area contributed by atoms with E-state index in [0.29, 0.717) is 26.4 Å². The van der Waals surface area contributed by atoms with Gasteiger partial charge in [-0.1, -0.05) is 84.0 Å². The summed E-state index contributed by atoms with van der Waals surface area (Å²) in [6.07, 6.45) is 0.969. The van der Waals surface area contributed by atoms with Crippen LogP contribution in [0, 0.1) is 16.2 Å². The molecule has 0 fully saturated rings. The number of hydrogen-bond acceptors (Lipinski definition) is 6. The monoisotopic (exact) mass is 500 g/mol. The average molecular weight is 501 g/mol. The third-order valence-electron chi connectivity index (χ3n) is 6.53. The van der Waals surface area contributed by atoms with Crippen molar-refractivity contribution in [2.45, 2.75) is 61.3 Å². The number of rotatable bonds is 13. The van der Waals surface area contributed by atoms with E-state index < -0.39 is 5.41 Å². The van der Waals surface area contributed by atoms with Gasteiger partial charge < -0.3 is 18.9 Å². The van der Waals surface area contributed by atoms with Crippen LogP contribution >= 0.6 is 0 Å². The van der Waals surface area contributed by atoms with Crippen molar-refractivity contribution in [2.24, 2.45) is 16.2 Å². The molecule has 0 saturated heterocycles. The number of carbonyl (C=O) groups excluding carboxylic acids is 2. The molecule has 2 aromatic carbocycles. The molecule has 6 heteroatoms. The molecule has 0 saturated carbocycles. The number of carbonyl (C=O) groups is 2. The zero-order valence-electron chi connectivity index (χ0n) is 23.1. The summed E-state index contributed by atoms with van der Waals surface area (Å²) in [5.41, 5.74) is 0.164. The van der Waals surface area contributed by atoms with Crippen LogP contribution in [-0.2, 0) is 35.0 Å². The molecule has 6 nitrogen and oxygen atoms in total. The van der Waals surface area contributed by atoms with Gasteiger partial charge in [0.05, 0.1) is 38.3 Å². The van der Waals surface area contributed by atoms with Crippen LogP contribution < -0.4 is 0 Å². The second-order valence-electron chi connectivity index (χ2n) is 11.7.